The predicted molar refractivity (Wildman–Crippen MR) is 78.1 cm³/mol. The first-order valence-electron chi connectivity index (χ1n) is 5.08. The Hall–Kier alpha value is -1.83. The molecule has 1 heterocycles. The van der Waals surface area contributed by atoms with Crippen molar-refractivity contribution in [3.8, 4) is 0 Å². The average Bonchev–Trinajstić information content (AvgIpc) is 2.31. The van der Waals surface area contributed by atoms with E-state index in [0.29, 0.717) is 11.5 Å². The van der Waals surface area contributed by atoms with Gasteiger partial charge in [0.2, 0.25) is 0 Å². The Kier molecular flexibility index (Phi) is 3.66. The van der Waals surface area contributed by atoms with Crippen LogP contribution in [-0.4, -0.2) is 16.1 Å². The standard InChI is InChI=1S/C12H10IN3O2/c13-7-2-1-3-8(6-7)15-11-9(14)4-5-10(16-11)12(17)18/h1-6H,14H2,(H,15,16)(H,17,18). The van der Waals surface area contributed by atoms with Crippen LogP contribution in [0.25, 0.3) is 0 Å². The van der Waals surface area contributed by atoms with E-state index in [4.69, 9.17) is 10.8 Å². The summed E-state index contributed by atoms with van der Waals surface area (Å²) < 4.78 is 1.06. The molecule has 4 N–H and O–H groups in total. The molecule has 0 saturated carbocycles. The van der Waals surface area contributed by atoms with Crippen molar-refractivity contribution in [1.82, 2.24) is 4.98 Å². The fraction of sp³-hybridized carbons (Fsp3) is 0. The highest BCUT2D eigenvalue weighted by Gasteiger charge is 2.08. The summed E-state index contributed by atoms with van der Waals surface area (Å²) in [5, 5.41) is 11.9. The van der Waals surface area contributed by atoms with Gasteiger partial charge in [-0.3, -0.25) is 0 Å². The Morgan fingerprint density at radius 3 is 2.78 bits per heavy atom. The Morgan fingerprint density at radius 2 is 2.11 bits per heavy atom. The van der Waals surface area contributed by atoms with Gasteiger partial charge in [0.15, 0.2) is 11.5 Å². The summed E-state index contributed by atoms with van der Waals surface area (Å²) in [6.45, 7) is 0. The third-order valence-electron chi connectivity index (χ3n) is 2.23. The number of nitrogens with two attached hydrogens (primary N) is 1. The quantitative estimate of drug-likeness (QED) is 0.737. The summed E-state index contributed by atoms with van der Waals surface area (Å²) in [5.74, 6) is -0.738. The molecule has 5 nitrogen and oxygen atoms in total. The molecule has 6 heteroatoms. The van der Waals surface area contributed by atoms with Gasteiger partial charge in [0.05, 0.1) is 5.69 Å². The molecule has 0 bridgehead atoms. The van der Waals surface area contributed by atoms with Gasteiger partial charge in [0.1, 0.15) is 0 Å². The molecule has 1 aromatic carbocycles. The highest BCUT2D eigenvalue weighted by molar-refractivity contribution is 14.1. The monoisotopic (exact) mass is 355 g/mol. The maximum absolute atomic E-state index is 10.8. The Balaban J connectivity index is 2.33. The van der Waals surface area contributed by atoms with Crippen molar-refractivity contribution in [2.75, 3.05) is 11.1 Å². The van der Waals surface area contributed by atoms with Gasteiger partial charge in [-0.05, 0) is 52.9 Å². The largest absolute Gasteiger partial charge is 0.477 e. The molecule has 0 aliphatic carbocycles. The molecule has 0 spiro atoms. The maximum atomic E-state index is 10.8. The van der Waals surface area contributed by atoms with E-state index in [1.165, 1.54) is 12.1 Å². The number of nitrogen functional groups attached to an aromatic ring is 1. The minimum absolute atomic E-state index is 0.0441. The van der Waals surface area contributed by atoms with Crippen molar-refractivity contribution >= 4 is 45.8 Å². The van der Waals surface area contributed by atoms with E-state index in [1.807, 2.05) is 24.3 Å². The van der Waals surface area contributed by atoms with Crippen LogP contribution in [0.3, 0.4) is 0 Å². The van der Waals surface area contributed by atoms with Crippen molar-refractivity contribution in [3.05, 3.63) is 45.7 Å². The van der Waals surface area contributed by atoms with Crippen LogP contribution in [-0.2, 0) is 0 Å². The molecule has 0 radical (unpaired) electrons. The molecule has 2 rings (SSSR count). The zero-order valence-electron chi connectivity index (χ0n) is 9.22. The molecular weight excluding hydrogens is 345 g/mol. The number of hydrogen-bond acceptors (Lipinski definition) is 4. The topological polar surface area (TPSA) is 88.2 Å². The fourth-order valence-corrected chi connectivity index (χ4v) is 1.94. The molecule has 0 unspecified atom stereocenters. The summed E-state index contributed by atoms with van der Waals surface area (Å²) in [6, 6.07) is 10.5. The zero-order valence-corrected chi connectivity index (χ0v) is 11.4. The molecule has 0 amide bonds. The van der Waals surface area contributed by atoms with E-state index in [-0.39, 0.29) is 5.69 Å². The molecule has 0 aliphatic rings. The zero-order chi connectivity index (χ0) is 13.1. The van der Waals surface area contributed by atoms with Gasteiger partial charge in [-0.1, -0.05) is 6.07 Å². The maximum Gasteiger partial charge on any atom is 0.354 e. The highest BCUT2D eigenvalue weighted by atomic mass is 127. The van der Waals surface area contributed by atoms with Gasteiger partial charge in [-0.2, -0.15) is 0 Å². The van der Waals surface area contributed by atoms with E-state index in [0.717, 1.165) is 9.26 Å². The lowest BCUT2D eigenvalue weighted by Gasteiger charge is -2.09. The van der Waals surface area contributed by atoms with Crippen LogP contribution < -0.4 is 11.1 Å². The van der Waals surface area contributed by atoms with Gasteiger partial charge in [0, 0.05) is 9.26 Å². The Morgan fingerprint density at radius 1 is 1.33 bits per heavy atom. The fourth-order valence-electron chi connectivity index (χ4n) is 1.39. The smallest absolute Gasteiger partial charge is 0.354 e. The third-order valence-corrected chi connectivity index (χ3v) is 2.90. The second kappa shape index (κ2) is 5.21. The molecule has 2 aromatic rings. The summed E-state index contributed by atoms with van der Waals surface area (Å²) in [6.07, 6.45) is 0. The van der Waals surface area contributed by atoms with Gasteiger partial charge in [-0.15, -0.1) is 0 Å². The Labute approximate surface area is 117 Å². The summed E-state index contributed by atoms with van der Waals surface area (Å²) in [4.78, 5) is 14.8. The number of anilines is 3. The lowest BCUT2D eigenvalue weighted by atomic mass is 10.3. The first-order chi connectivity index (χ1) is 8.56. The number of nitrogens with zero attached hydrogens (tertiary/aromatic N) is 1. The highest BCUT2D eigenvalue weighted by Crippen LogP contribution is 2.22. The normalized spacial score (nSPS) is 10.1. The molecule has 0 saturated heterocycles. The number of carboxylic acid groups (broad SMARTS) is 1. The molecule has 18 heavy (non-hydrogen) atoms. The second-order valence-corrected chi connectivity index (χ2v) is 4.82. The van der Waals surface area contributed by atoms with Crippen molar-refractivity contribution in [2.24, 2.45) is 0 Å². The van der Waals surface area contributed by atoms with Gasteiger partial charge < -0.3 is 16.2 Å². The number of aromatic nitrogens is 1. The van der Waals surface area contributed by atoms with Crippen LogP contribution in [0.1, 0.15) is 10.5 Å². The van der Waals surface area contributed by atoms with Gasteiger partial charge >= 0.3 is 5.97 Å². The van der Waals surface area contributed by atoms with Crippen LogP contribution >= 0.6 is 22.6 Å². The summed E-state index contributed by atoms with van der Waals surface area (Å²) >= 11 is 2.19. The van der Waals surface area contributed by atoms with Crippen molar-refractivity contribution < 1.29 is 9.90 Å². The molecule has 92 valence electrons. The summed E-state index contributed by atoms with van der Waals surface area (Å²) in [5.41, 5.74) is 6.92. The number of nitrogens with one attached hydrogen (secondary N) is 1. The molecule has 0 atom stereocenters. The minimum Gasteiger partial charge on any atom is -0.477 e. The van der Waals surface area contributed by atoms with Crippen molar-refractivity contribution in [3.63, 3.8) is 0 Å². The van der Waals surface area contributed by atoms with E-state index in [1.54, 1.807) is 0 Å². The van der Waals surface area contributed by atoms with Crippen molar-refractivity contribution in [2.45, 2.75) is 0 Å². The molecule has 0 aliphatic heterocycles. The number of halogens is 1. The number of rotatable bonds is 3. The Bertz CT molecular complexity index is 602. The van der Waals surface area contributed by atoms with E-state index >= 15 is 0 Å². The van der Waals surface area contributed by atoms with Crippen LogP contribution in [0.2, 0.25) is 0 Å². The number of pyridine rings is 1. The lowest BCUT2D eigenvalue weighted by Crippen LogP contribution is -2.05. The van der Waals surface area contributed by atoms with Crippen LogP contribution in [0.5, 0.6) is 0 Å². The first-order valence-corrected chi connectivity index (χ1v) is 6.16. The third kappa shape index (κ3) is 2.89. The number of aromatic carboxylic acids is 1. The SMILES string of the molecule is Nc1ccc(C(=O)O)nc1Nc1cccc(I)c1. The number of carboxylic acids is 1. The second-order valence-electron chi connectivity index (χ2n) is 3.57. The molecule has 0 fully saturated rings. The van der Waals surface area contributed by atoms with E-state index < -0.39 is 5.97 Å². The van der Waals surface area contributed by atoms with Crippen LogP contribution in [0, 0.1) is 3.57 Å². The average molecular weight is 355 g/mol. The molecule has 1 aromatic heterocycles. The number of hydrogen-bond donors (Lipinski definition) is 3. The molecular formula is C12H10IN3O2. The van der Waals surface area contributed by atoms with Crippen LogP contribution in [0.15, 0.2) is 36.4 Å². The summed E-state index contributed by atoms with van der Waals surface area (Å²) in [7, 11) is 0. The van der Waals surface area contributed by atoms with E-state index in [2.05, 4.69) is 32.9 Å². The van der Waals surface area contributed by atoms with E-state index in [9.17, 15) is 4.79 Å². The van der Waals surface area contributed by atoms with Gasteiger partial charge in [0.25, 0.3) is 0 Å². The lowest BCUT2D eigenvalue weighted by molar-refractivity contribution is 0.0690. The van der Waals surface area contributed by atoms with Crippen molar-refractivity contribution in [1.29, 1.82) is 0 Å². The van der Waals surface area contributed by atoms with Crippen LogP contribution in [0.4, 0.5) is 17.2 Å². The number of carbonyl (C=O) groups is 1. The first kappa shape index (κ1) is 12.6. The minimum atomic E-state index is -1.08. The van der Waals surface area contributed by atoms with Gasteiger partial charge in [-0.25, -0.2) is 9.78 Å². The number of benzene rings is 1. The predicted octanol–water partition coefficient (Wildman–Crippen LogP) is 2.71.